The van der Waals surface area contributed by atoms with Crippen molar-refractivity contribution in [3.05, 3.63) is 192 Å². The van der Waals surface area contributed by atoms with Gasteiger partial charge >= 0.3 is 46.9 Å². The van der Waals surface area contributed by atoms with Gasteiger partial charge in [-0.05, 0) is 94.8 Å². The van der Waals surface area contributed by atoms with Crippen LogP contribution in [0, 0.1) is 46.9 Å². The van der Waals surface area contributed by atoms with Gasteiger partial charge in [-0.2, -0.15) is 5.70 Å². The van der Waals surface area contributed by atoms with Crippen LogP contribution in [0.15, 0.2) is 169 Å². The molecule has 4 heterocycles. The Bertz CT molecular complexity index is 1790. The number of allylic oxidation sites excluding steroid dienone is 2. The van der Waals surface area contributed by atoms with E-state index in [1.54, 1.807) is 49.6 Å². The molecule has 0 saturated carbocycles. The van der Waals surface area contributed by atoms with Crippen LogP contribution in [-0.2, 0) is 10.8 Å². The maximum Gasteiger partial charge on any atom is 3.00 e. The van der Waals surface area contributed by atoms with Gasteiger partial charge in [-0.25, -0.2) is 0 Å². The van der Waals surface area contributed by atoms with Crippen LogP contribution in [0.5, 0.6) is 5.75 Å². The number of halogens is 1. The largest absolute Gasteiger partial charge is 3.00 e. The number of aromatic nitrogens is 4. The van der Waals surface area contributed by atoms with E-state index in [-0.39, 0.29) is 75.9 Å². The monoisotopic (exact) mass is 985 g/mol. The van der Waals surface area contributed by atoms with E-state index in [9.17, 15) is 5.11 Å². The second kappa shape index (κ2) is 30.0. The predicted molar refractivity (Wildman–Crippen MR) is 244 cm³/mol. The van der Waals surface area contributed by atoms with Crippen molar-refractivity contribution in [3.63, 3.8) is 0 Å². The minimum atomic E-state index is -0.245. The van der Waals surface area contributed by atoms with E-state index in [1.807, 2.05) is 98.8 Å². The third-order valence-corrected chi connectivity index (χ3v) is 8.35. The Hall–Kier alpha value is -4.14. The number of pyridine rings is 4. The maximum atomic E-state index is 13.3. The molecule has 0 bridgehead atoms. The van der Waals surface area contributed by atoms with Crippen LogP contribution in [0.4, 0.5) is 11.4 Å². The van der Waals surface area contributed by atoms with Gasteiger partial charge in [0.15, 0.2) is 0 Å². The summed E-state index contributed by atoms with van der Waals surface area (Å²) in [6, 6.07) is 33.3. The van der Waals surface area contributed by atoms with Crippen molar-refractivity contribution in [1.82, 2.24) is 19.9 Å². The van der Waals surface area contributed by atoms with Crippen LogP contribution in [0.1, 0.15) is 117 Å². The minimum Gasteiger partial charge on any atom is -1.00 e. The summed E-state index contributed by atoms with van der Waals surface area (Å²) in [5, 5.41) is 18.1. The van der Waals surface area contributed by atoms with E-state index in [0.29, 0.717) is 17.5 Å². The van der Waals surface area contributed by atoms with Crippen molar-refractivity contribution in [2.45, 2.75) is 106 Å². The van der Waals surface area contributed by atoms with Crippen molar-refractivity contribution in [2.75, 3.05) is 0 Å². The molecular formula is C51H64ClN6OYb. The average molecular weight is 986 g/mol. The van der Waals surface area contributed by atoms with Gasteiger partial charge in [-0.15, -0.1) is 11.4 Å². The first-order valence-corrected chi connectivity index (χ1v) is 19.9. The van der Waals surface area contributed by atoms with E-state index >= 15 is 0 Å². The Labute approximate surface area is 406 Å². The molecule has 0 amide bonds. The topological polar surface area (TPSA) is 101 Å². The Morgan fingerprint density at radius 2 is 0.950 bits per heavy atom. The molecule has 6 aromatic rings. The molecule has 4 aromatic heterocycles. The molecule has 7 nitrogen and oxygen atoms in total. The first-order valence-electron chi connectivity index (χ1n) is 19.9. The SMILES string of the molecule is CC(/C=C(/C)[N-]c1cc(C(C)(C)C)cc(C(C)(C)C)c1[O-])=Nc1c(C(C)C)cccc1C(C)C.[Cl-].[Yb+3].c1ccncc1.c1ccncc1.c1ccncc1.c1ccncc1. The van der Waals surface area contributed by atoms with E-state index < -0.39 is 0 Å². The first kappa shape index (κ1) is 55.9. The average Bonchev–Trinajstić information content (AvgIpc) is 3.21. The van der Waals surface area contributed by atoms with Gasteiger partial charge in [0, 0.05) is 55.3 Å². The number of aliphatic imine (C=N–C) groups is 1. The van der Waals surface area contributed by atoms with Crippen molar-refractivity contribution in [3.8, 4) is 5.75 Å². The zero-order chi connectivity index (χ0) is 43.0. The molecule has 0 atom stereocenters. The summed E-state index contributed by atoms with van der Waals surface area (Å²) in [6.07, 6.45) is 16.0. The zero-order valence-electron chi connectivity index (χ0n) is 37.4. The van der Waals surface area contributed by atoms with Crippen molar-refractivity contribution in [1.29, 1.82) is 0 Å². The standard InChI is InChI=1S/C31H45N2O.4C5H5N.ClH.Yb/c1-19(2)24-14-13-15-25(20(3)4)28(24)33-22(6)16-21(5)32-27-18-23(30(7,8)9)17-26(29(27)34)31(10,11)12;4*1-2-4-6-5-3-1;;/h13-20H,1-12H3,(H-,32,33,34);4*1-5H;1H;/q-1;;;;;;+3/p-2. The fraction of sp³-hybridized carbons (Fsp3) is 0.314. The van der Waals surface area contributed by atoms with E-state index in [0.717, 1.165) is 28.2 Å². The van der Waals surface area contributed by atoms with Crippen molar-refractivity contribution in [2.24, 2.45) is 4.99 Å². The molecule has 1 radical (unpaired) electrons. The quantitative estimate of drug-likeness (QED) is 0.155. The van der Waals surface area contributed by atoms with E-state index in [4.69, 9.17) is 10.3 Å². The smallest absolute Gasteiger partial charge is 1.00 e. The summed E-state index contributed by atoms with van der Waals surface area (Å²) in [4.78, 5) is 20.2. The first-order chi connectivity index (χ1) is 27.5. The molecule has 0 saturated heterocycles. The molecule has 6 rings (SSSR count). The number of rotatable bonds is 6. The molecule has 60 heavy (non-hydrogen) atoms. The predicted octanol–water partition coefficient (Wildman–Crippen LogP) is 10.6. The third-order valence-electron chi connectivity index (χ3n) is 8.35. The van der Waals surface area contributed by atoms with Gasteiger partial charge < -0.3 is 22.8 Å². The summed E-state index contributed by atoms with van der Waals surface area (Å²) in [5.41, 5.74) is 7.35. The Morgan fingerprint density at radius 1 is 0.583 bits per heavy atom. The van der Waals surface area contributed by atoms with E-state index in [2.05, 4.69) is 113 Å². The molecule has 325 valence electrons. The van der Waals surface area contributed by atoms with Gasteiger partial charge in [0.2, 0.25) is 0 Å². The molecule has 0 aliphatic heterocycles. The minimum absolute atomic E-state index is 0. The Morgan fingerprint density at radius 3 is 1.22 bits per heavy atom. The molecule has 0 aliphatic carbocycles. The molecule has 0 N–H and O–H groups in total. The van der Waals surface area contributed by atoms with Gasteiger partial charge in [0.05, 0.1) is 5.69 Å². The molecular weight excluding hydrogens is 921 g/mol. The fourth-order valence-electron chi connectivity index (χ4n) is 5.31. The number of para-hydroxylation sites is 1. The van der Waals surface area contributed by atoms with Crippen LogP contribution < -0.4 is 17.5 Å². The van der Waals surface area contributed by atoms with Gasteiger partial charge in [0.25, 0.3) is 0 Å². The number of hydrogen-bond acceptors (Lipinski definition) is 6. The normalized spacial score (nSPS) is 11.0. The molecule has 0 fully saturated rings. The van der Waals surface area contributed by atoms with Crippen molar-refractivity contribution < 1.29 is 64.4 Å². The van der Waals surface area contributed by atoms with Crippen molar-refractivity contribution >= 4 is 17.1 Å². The molecule has 0 aliphatic rings. The maximum absolute atomic E-state index is 13.3. The molecule has 0 unspecified atom stereocenters. The van der Waals surface area contributed by atoms with Gasteiger partial charge in [-0.3, -0.25) is 24.9 Å². The molecule has 0 spiro atoms. The van der Waals surface area contributed by atoms with Crippen LogP contribution in [-0.4, -0.2) is 25.6 Å². The summed E-state index contributed by atoms with van der Waals surface area (Å²) in [7, 11) is 0. The third kappa shape index (κ3) is 22.5. The van der Waals surface area contributed by atoms with Crippen LogP contribution in [0.2, 0.25) is 0 Å². The van der Waals surface area contributed by atoms with Crippen LogP contribution >= 0.6 is 0 Å². The summed E-state index contributed by atoms with van der Waals surface area (Å²) >= 11 is 0. The second-order valence-electron chi connectivity index (χ2n) is 16.2. The summed E-state index contributed by atoms with van der Waals surface area (Å²) < 4.78 is 0. The molecule has 2 aromatic carbocycles. The number of benzene rings is 2. The Balaban J connectivity index is 0.00000106. The summed E-state index contributed by atoms with van der Waals surface area (Å²) in [6.45, 7) is 25.5. The van der Waals surface area contributed by atoms with Crippen LogP contribution in [0.3, 0.4) is 0 Å². The molecule has 9 heteroatoms. The zero-order valence-corrected chi connectivity index (χ0v) is 39.9. The van der Waals surface area contributed by atoms with Gasteiger partial charge in [-0.1, -0.05) is 142 Å². The number of hydrogen-bond donors (Lipinski definition) is 0. The second-order valence-corrected chi connectivity index (χ2v) is 16.2. The van der Waals surface area contributed by atoms with E-state index in [1.165, 1.54) is 11.1 Å². The fourth-order valence-corrected chi connectivity index (χ4v) is 5.31. The van der Waals surface area contributed by atoms with Gasteiger partial charge in [0.1, 0.15) is 0 Å². The van der Waals surface area contributed by atoms with Crippen LogP contribution in [0.25, 0.3) is 5.32 Å². The number of nitrogens with zero attached hydrogens (tertiary/aromatic N) is 6. The Kier molecular flexibility index (Phi) is 27.9. The summed E-state index contributed by atoms with van der Waals surface area (Å²) in [5.74, 6) is 0.785.